The van der Waals surface area contributed by atoms with Crippen molar-refractivity contribution in [3.8, 4) is 23.0 Å². The van der Waals surface area contributed by atoms with Crippen LogP contribution in [0.5, 0.6) is 23.0 Å². The molecule has 35 heavy (non-hydrogen) atoms. The van der Waals surface area contributed by atoms with E-state index in [2.05, 4.69) is 10.1 Å². The molecule has 9 heteroatoms. The molecule has 0 saturated heterocycles. The summed E-state index contributed by atoms with van der Waals surface area (Å²) < 4.78 is 45.2. The van der Waals surface area contributed by atoms with Crippen molar-refractivity contribution in [3.63, 3.8) is 0 Å². The van der Waals surface area contributed by atoms with Gasteiger partial charge < -0.3 is 24.3 Å². The largest absolute Gasteiger partial charge is 0.493 e. The Kier molecular flexibility index (Phi) is 8.77. The molecule has 0 aliphatic rings. The number of halogens is 2. The SMILES string of the molecule is COc1cc(/C=C/C(=O)c2ccc(OC(F)F)c(OC)c2)ccc1OCC(=O)Nc1ccccc1. The molecule has 0 aromatic heterocycles. The van der Waals surface area contributed by atoms with Crippen molar-refractivity contribution in [2.75, 3.05) is 26.1 Å². The third kappa shape index (κ3) is 7.29. The molecule has 0 fully saturated rings. The van der Waals surface area contributed by atoms with Crippen LogP contribution >= 0.6 is 0 Å². The Morgan fingerprint density at radius 1 is 0.886 bits per heavy atom. The smallest absolute Gasteiger partial charge is 0.387 e. The van der Waals surface area contributed by atoms with E-state index in [0.717, 1.165) is 0 Å². The molecule has 0 spiro atoms. The van der Waals surface area contributed by atoms with Gasteiger partial charge in [-0.1, -0.05) is 30.3 Å². The Balaban J connectivity index is 1.64. The van der Waals surface area contributed by atoms with Gasteiger partial charge >= 0.3 is 6.61 Å². The number of nitrogens with one attached hydrogen (secondary N) is 1. The zero-order chi connectivity index (χ0) is 25.2. The second kappa shape index (κ2) is 12.2. The van der Waals surface area contributed by atoms with Crippen LogP contribution in [0.1, 0.15) is 15.9 Å². The van der Waals surface area contributed by atoms with Crippen molar-refractivity contribution in [3.05, 3.63) is 83.9 Å². The fraction of sp³-hybridized carbons (Fsp3) is 0.154. The monoisotopic (exact) mass is 483 g/mol. The van der Waals surface area contributed by atoms with Crippen LogP contribution in [-0.2, 0) is 4.79 Å². The van der Waals surface area contributed by atoms with Crippen molar-refractivity contribution in [2.45, 2.75) is 6.61 Å². The van der Waals surface area contributed by atoms with Gasteiger partial charge in [0, 0.05) is 11.3 Å². The zero-order valence-electron chi connectivity index (χ0n) is 19.0. The summed E-state index contributed by atoms with van der Waals surface area (Å²) in [6, 6.07) is 17.9. The number of para-hydroxylation sites is 1. The molecular weight excluding hydrogens is 460 g/mol. The molecule has 0 radical (unpaired) electrons. The third-order valence-corrected chi connectivity index (χ3v) is 4.70. The molecule has 3 aromatic carbocycles. The fourth-order valence-electron chi connectivity index (χ4n) is 3.05. The molecule has 0 heterocycles. The molecule has 0 unspecified atom stereocenters. The van der Waals surface area contributed by atoms with Crippen molar-refractivity contribution in [2.24, 2.45) is 0 Å². The lowest BCUT2D eigenvalue weighted by atomic mass is 10.1. The maximum Gasteiger partial charge on any atom is 0.387 e. The summed E-state index contributed by atoms with van der Waals surface area (Å²) in [5, 5.41) is 2.72. The highest BCUT2D eigenvalue weighted by atomic mass is 19.3. The number of allylic oxidation sites excluding steroid dienone is 1. The van der Waals surface area contributed by atoms with Gasteiger partial charge in [-0.05, 0) is 54.1 Å². The van der Waals surface area contributed by atoms with E-state index in [1.807, 2.05) is 18.2 Å². The molecule has 0 bridgehead atoms. The summed E-state index contributed by atoms with van der Waals surface area (Å²) in [6.45, 7) is -3.23. The van der Waals surface area contributed by atoms with Gasteiger partial charge in [0.1, 0.15) is 0 Å². The second-order valence-electron chi connectivity index (χ2n) is 7.05. The lowest BCUT2D eigenvalue weighted by molar-refractivity contribution is -0.118. The van der Waals surface area contributed by atoms with Crippen molar-refractivity contribution in [1.82, 2.24) is 0 Å². The first-order chi connectivity index (χ1) is 16.9. The summed E-state index contributed by atoms with van der Waals surface area (Å²) in [4.78, 5) is 24.6. The number of carbonyl (C=O) groups excluding carboxylic acids is 2. The quantitative estimate of drug-likeness (QED) is 0.298. The molecule has 182 valence electrons. The number of methoxy groups -OCH3 is 2. The average Bonchev–Trinajstić information content (AvgIpc) is 2.86. The molecular formula is C26H23F2NO6. The Morgan fingerprint density at radius 2 is 1.57 bits per heavy atom. The number of rotatable bonds is 11. The van der Waals surface area contributed by atoms with E-state index in [9.17, 15) is 18.4 Å². The fourth-order valence-corrected chi connectivity index (χ4v) is 3.05. The van der Waals surface area contributed by atoms with Crippen LogP contribution in [0.2, 0.25) is 0 Å². The van der Waals surface area contributed by atoms with E-state index in [1.165, 1.54) is 38.5 Å². The summed E-state index contributed by atoms with van der Waals surface area (Å²) >= 11 is 0. The standard InChI is InChI=1S/C26H23F2NO6/c1-32-23-14-17(9-12-21(23)34-16-25(31)29-19-6-4-3-5-7-19)8-11-20(30)18-10-13-22(35-26(27)28)24(15-18)33-2/h3-15,26H,16H2,1-2H3,(H,29,31)/b11-8+. The van der Waals surface area contributed by atoms with E-state index in [4.69, 9.17) is 14.2 Å². The Bertz CT molecular complexity index is 1200. The van der Waals surface area contributed by atoms with Crippen molar-refractivity contribution in [1.29, 1.82) is 0 Å². The molecule has 3 rings (SSSR count). The minimum atomic E-state index is -3.01. The number of amides is 1. The maximum absolute atomic E-state index is 12.5. The van der Waals surface area contributed by atoms with E-state index in [-0.39, 0.29) is 35.4 Å². The molecule has 0 aliphatic carbocycles. The van der Waals surface area contributed by atoms with Crippen LogP contribution in [0.25, 0.3) is 6.08 Å². The van der Waals surface area contributed by atoms with Crippen LogP contribution in [0.4, 0.5) is 14.5 Å². The third-order valence-electron chi connectivity index (χ3n) is 4.70. The van der Waals surface area contributed by atoms with Gasteiger partial charge in [0.25, 0.3) is 5.91 Å². The molecule has 1 amide bonds. The van der Waals surface area contributed by atoms with Gasteiger partial charge in [0.2, 0.25) is 0 Å². The van der Waals surface area contributed by atoms with Gasteiger partial charge in [0.15, 0.2) is 35.4 Å². The topological polar surface area (TPSA) is 83.1 Å². The predicted octanol–water partition coefficient (Wildman–Crippen LogP) is 5.22. The van der Waals surface area contributed by atoms with E-state index < -0.39 is 6.61 Å². The highest BCUT2D eigenvalue weighted by molar-refractivity contribution is 6.07. The normalized spacial score (nSPS) is 10.8. The summed E-state index contributed by atoms with van der Waals surface area (Å²) in [7, 11) is 2.75. The van der Waals surface area contributed by atoms with Crippen LogP contribution in [0, 0.1) is 0 Å². The van der Waals surface area contributed by atoms with Gasteiger partial charge in [-0.25, -0.2) is 0 Å². The lowest BCUT2D eigenvalue weighted by Gasteiger charge is -2.11. The van der Waals surface area contributed by atoms with E-state index in [0.29, 0.717) is 22.7 Å². The minimum Gasteiger partial charge on any atom is -0.493 e. The summed E-state index contributed by atoms with van der Waals surface area (Å²) in [5.41, 5.74) is 1.53. The molecule has 1 N–H and O–H groups in total. The number of ketones is 1. The molecule has 7 nitrogen and oxygen atoms in total. The Hall–Kier alpha value is -4.40. The van der Waals surface area contributed by atoms with Crippen molar-refractivity contribution >= 4 is 23.5 Å². The van der Waals surface area contributed by atoms with Crippen LogP contribution < -0.4 is 24.3 Å². The van der Waals surface area contributed by atoms with Crippen molar-refractivity contribution < 1.29 is 37.3 Å². The lowest BCUT2D eigenvalue weighted by Crippen LogP contribution is -2.20. The first-order valence-electron chi connectivity index (χ1n) is 10.4. The maximum atomic E-state index is 12.5. The summed E-state index contributed by atoms with van der Waals surface area (Å²) in [5.74, 6) is -0.109. The van der Waals surface area contributed by atoms with Gasteiger partial charge in [0.05, 0.1) is 14.2 Å². The number of hydrogen-bond acceptors (Lipinski definition) is 6. The highest BCUT2D eigenvalue weighted by Crippen LogP contribution is 2.31. The van der Waals surface area contributed by atoms with E-state index >= 15 is 0 Å². The molecule has 0 aliphatic heterocycles. The Labute approximate surface area is 200 Å². The number of anilines is 1. The Morgan fingerprint density at radius 3 is 2.26 bits per heavy atom. The zero-order valence-corrected chi connectivity index (χ0v) is 19.0. The number of alkyl halides is 2. The van der Waals surface area contributed by atoms with Crippen LogP contribution in [0.15, 0.2) is 72.8 Å². The van der Waals surface area contributed by atoms with Crippen LogP contribution in [-0.4, -0.2) is 39.1 Å². The van der Waals surface area contributed by atoms with Gasteiger partial charge in [-0.15, -0.1) is 0 Å². The van der Waals surface area contributed by atoms with Gasteiger partial charge in [-0.3, -0.25) is 9.59 Å². The number of carbonyl (C=O) groups is 2. The number of benzene rings is 3. The molecule has 0 saturated carbocycles. The molecule has 0 atom stereocenters. The summed E-state index contributed by atoms with van der Waals surface area (Å²) in [6.07, 6.45) is 2.89. The van der Waals surface area contributed by atoms with Gasteiger partial charge in [-0.2, -0.15) is 8.78 Å². The van der Waals surface area contributed by atoms with Crippen LogP contribution in [0.3, 0.4) is 0 Å². The predicted molar refractivity (Wildman–Crippen MR) is 127 cm³/mol. The first-order valence-corrected chi connectivity index (χ1v) is 10.4. The highest BCUT2D eigenvalue weighted by Gasteiger charge is 2.13. The first kappa shape index (κ1) is 25.2. The number of ether oxygens (including phenoxy) is 4. The average molecular weight is 483 g/mol. The second-order valence-corrected chi connectivity index (χ2v) is 7.05. The molecule has 3 aromatic rings. The van der Waals surface area contributed by atoms with E-state index in [1.54, 1.807) is 36.4 Å². The number of hydrogen-bond donors (Lipinski definition) is 1. The minimum absolute atomic E-state index is 0.0176.